The summed E-state index contributed by atoms with van der Waals surface area (Å²) in [5, 5.41) is 2.13. The number of hydrazine groups is 1. The molecule has 3 aromatic rings. The van der Waals surface area contributed by atoms with E-state index in [1.54, 1.807) is 12.3 Å². The summed E-state index contributed by atoms with van der Waals surface area (Å²) >= 11 is 0. The van der Waals surface area contributed by atoms with Gasteiger partial charge in [0.05, 0.1) is 6.04 Å². The zero-order chi connectivity index (χ0) is 14.8. The van der Waals surface area contributed by atoms with Crippen molar-refractivity contribution in [3.8, 4) is 0 Å². The van der Waals surface area contributed by atoms with Gasteiger partial charge in [-0.25, -0.2) is 9.82 Å². The van der Waals surface area contributed by atoms with Crippen LogP contribution < -0.4 is 11.3 Å². The summed E-state index contributed by atoms with van der Waals surface area (Å²) in [7, 11) is 0. The molecule has 1 heterocycles. The molecule has 3 rings (SSSR count). The summed E-state index contributed by atoms with van der Waals surface area (Å²) in [5.74, 6) is 5.52. The first kappa shape index (κ1) is 13.7. The van der Waals surface area contributed by atoms with Gasteiger partial charge in [-0.1, -0.05) is 30.3 Å². The van der Waals surface area contributed by atoms with Crippen LogP contribution in [0.2, 0.25) is 0 Å². The Hall–Kier alpha value is -2.30. The van der Waals surface area contributed by atoms with Gasteiger partial charge in [-0.15, -0.1) is 0 Å². The number of aromatic nitrogens is 1. The van der Waals surface area contributed by atoms with Crippen molar-refractivity contribution in [2.24, 2.45) is 5.84 Å². The molecule has 0 radical (unpaired) electrons. The van der Waals surface area contributed by atoms with Gasteiger partial charge in [0.15, 0.2) is 0 Å². The Morgan fingerprint density at radius 2 is 1.90 bits per heavy atom. The van der Waals surface area contributed by atoms with Gasteiger partial charge in [-0.2, -0.15) is 0 Å². The van der Waals surface area contributed by atoms with Crippen LogP contribution in [0.25, 0.3) is 10.8 Å². The number of nitrogens with one attached hydrogen (secondary N) is 1. The number of pyridine rings is 1. The standard InChI is InChI=1S/C17H16FN3/c1-11-8-13(18)6-7-14(11)17(21-19)16-10-20-9-12-4-2-3-5-15(12)16/h2-10,17,21H,19H2,1H3. The third-order valence-electron chi connectivity index (χ3n) is 3.72. The molecule has 21 heavy (non-hydrogen) atoms. The number of fused-ring (bicyclic) bond motifs is 1. The molecule has 1 atom stereocenters. The zero-order valence-electron chi connectivity index (χ0n) is 11.7. The number of nitrogens with two attached hydrogens (primary N) is 1. The Balaban J connectivity index is 2.18. The monoisotopic (exact) mass is 281 g/mol. The van der Waals surface area contributed by atoms with Crippen LogP contribution in [0.4, 0.5) is 4.39 Å². The second-order valence-corrected chi connectivity index (χ2v) is 5.05. The van der Waals surface area contributed by atoms with E-state index in [1.807, 2.05) is 37.4 Å². The van der Waals surface area contributed by atoms with Crippen LogP contribution in [0.5, 0.6) is 0 Å². The average molecular weight is 281 g/mol. The Bertz CT molecular complexity index is 781. The van der Waals surface area contributed by atoms with Crippen molar-refractivity contribution in [2.75, 3.05) is 0 Å². The lowest BCUT2D eigenvalue weighted by molar-refractivity contribution is 0.613. The predicted octanol–water partition coefficient (Wildman–Crippen LogP) is 3.24. The molecule has 1 unspecified atom stereocenters. The molecule has 106 valence electrons. The highest BCUT2D eigenvalue weighted by Gasteiger charge is 2.17. The minimum absolute atomic E-state index is 0.232. The summed E-state index contributed by atoms with van der Waals surface area (Å²) < 4.78 is 13.3. The molecule has 0 bridgehead atoms. The second-order valence-electron chi connectivity index (χ2n) is 5.05. The Kier molecular flexibility index (Phi) is 3.64. The number of benzene rings is 2. The lowest BCUT2D eigenvalue weighted by atomic mass is 9.93. The van der Waals surface area contributed by atoms with Gasteiger partial charge in [0, 0.05) is 23.3 Å². The smallest absolute Gasteiger partial charge is 0.123 e. The molecule has 0 saturated carbocycles. The fraction of sp³-hybridized carbons (Fsp3) is 0.118. The van der Waals surface area contributed by atoms with Gasteiger partial charge in [-0.05, 0) is 35.6 Å². The van der Waals surface area contributed by atoms with Gasteiger partial charge in [-0.3, -0.25) is 10.8 Å². The highest BCUT2D eigenvalue weighted by atomic mass is 19.1. The molecule has 0 saturated heterocycles. The van der Waals surface area contributed by atoms with E-state index in [4.69, 9.17) is 5.84 Å². The van der Waals surface area contributed by atoms with Crippen molar-refractivity contribution < 1.29 is 4.39 Å². The maximum atomic E-state index is 13.3. The fourth-order valence-corrected chi connectivity index (χ4v) is 2.68. The largest absolute Gasteiger partial charge is 0.271 e. The topological polar surface area (TPSA) is 50.9 Å². The minimum atomic E-state index is -0.247. The van der Waals surface area contributed by atoms with Gasteiger partial charge in [0.1, 0.15) is 5.82 Å². The van der Waals surface area contributed by atoms with E-state index >= 15 is 0 Å². The van der Waals surface area contributed by atoms with Crippen molar-refractivity contribution in [1.29, 1.82) is 0 Å². The van der Waals surface area contributed by atoms with Crippen molar-refractivity contribution in [2.45, 2.75) is 13.0 Å². The third-order valence-corrected chi connectivity index (χ3v) is 3.72. The van der Waals surface area contributed by atoms with Crippen LogP contribution in [-0.4, -0.2) is 4.98 Å². The van der Waals surface area contributed by atoms with Gasteiger partial charge in [0.25, 0.3) is 0 Å². The van der Waals surface area contributed by atoms with Gasteiger partial charge < -0.3 is 0 Å². The number of nitrogens with zero attached hydrogens (tertiary/aromatic N) is 1. The van der Waals surface area contributed by atoms with Crippen LogP contribution in [0.1, 0.15) is 22.7 Å². The summed E-state index contributed by atoms with van der Waals surface area (Å²) in [5.41, 5.74) is 5.60. The molecule has 0 fully saturated rings. The average Bonchev–Trinajstić information content (AvgIpc) is 2.50. The maximum Gasteiger partial charge on any atom is 0.123 e. The molecule has 3 nitrogen and oxygen atoms in total. The quantitative estimate of drug-likeness (QED) is 0.572. The molecule has 0 amide bonds. The number of hydrogen-bond acceptors (Lipinski definition) is 3. The first-order valence-electron chi connectivity index (χ1n) is 6.75. The molecule has 0 aliphatic rings. The van der Waals surface area contributed by atoms with E-state index in [2.05, 4.69) is 10.4 Å². The van der Waals surface area contributed by atoms with Crippen LogP contribution in [-0.2, 0) is 0 Å². The summed E-state index contributed by atoms with van der Waals surface area (Å²) in [6.45, 7) is 1.88. The van der Waals surface area contributed by atoms with Crippen molar-refractivity contribution in [3.05, 3.63) is 77.4 Å². The molecule has 4 heteroatoms. The predicted molar refractivity (Wildman–Crippen MR) is 82.0 cm³/mol. The van der Waals surface area contributed by atoms with E-state index in [0.29, 0.717) is 0 Å². The van der Waals surface area contributed by atoms with E-state index in [0.717, 1.165) is 27.5 Å². The zero-order valence-corrected chi connectivity index (χ0v) is 11.7. The number of rotatable bonds is 3. The number of halogens is 1. The van der Waals surface area contributed by atoms with Gasteiger partial charge in [0.2, 0.25) is 0 Å². The third kappa shape index (κ3) is 2.51. The Morgan fingerprint density at radius 3 is 2.67 bits per heavy atom. The van der Waals surface area contributed by atoms with Crippen molar-refractivity contribution in [1.82, 2.24) is 10.4 Å². The summed E-state index contributed by atoms with van der Waals surface area (Å²) in [4.78, 5) is 4.28. The van der Waals surface area contributed by atoms with Crippen molar-refractivity contribution in [3.63, 3.8) is 0 Å². The SMILES string of the molecule is Cc1cc(F)ccc1C(NN)c1cncc2ccccc12. The Labute approximate surface area is 122 Å². The lowest BCUT2D eigenvalue weighted by Gasteiger charge is -2.20. The number of hydrogen-bond donors (Lipinski definition) is 2. The van der Waals surface area contributed by atoms with E-state index in [9.17, 15) is 4.39 Å². The van der Waals surface area contributed by atoms with E-state index < -0.39 is 0 Å². The number of aryl methyl sites for hydroxylation is 1. The van der Waals surface area contributed by atoms with Crippen LogP contribution in [0.3, 0.4) is 0 Å². The maximum absolute atomic E-state index is 13.3. The molecular formula is C17H16FN3. The molecule has 0 aliphatic carbocycles. The van der Waals surface area contributed by atoms with E-state index in [1.165, 1.54) is 12.1 Å². The van der Waals surface area contributed by atoms with Gasteiger partial charge >= 0.3 is 0 Å². The first-order valence-corrected chi connectivity index (χ1v) is 6.75. The molecule has 0 aliphatic heterocycles. The lowest BCUT2D eigenvalue weighted by Crippen LogP contribution is -2.29. The van der Waals surface area contributed by atoms with Crippen molar-refractivity contribution >= 4 is 10.8 Å². The summed E-state index contributed by atoms with van der Waals surface area (Å²) in [6, 6.07) is 12.5. The normalized spacial score (nSPS) is 12.5. The van der Waals surface area contributed by atoms with Crippen LogP contribution in [0, 0.1) is 12.7 Å². The molecular weight excluding hydrogens is 265 g/mol. The Morgan fingerprint density at radius 1 is 1.10 bits per heavy atom. The fourth-order valence-electron chi connectivity index (χ4n) is 2.68. The molecule has 2 aromatic carbocycles. The first-order chi connectivity index (χ1) is 10.2. The van der Waals surface area contributed by atoms with Crippen LogP contribution in [0.15, 0.2) is 54.9 Å². The molecule has 1 aromatic heterocycles. The van der Waals surface area contributed by atoms with E-state index in [-0.39, 0.29) is 11.9 Å². The second kappa shape index (κ2) is 5.60. The highest BCUT2D eigenvalue weighted by Crippen LogP contribution is 2.29. The summed E-state index contributed by atoms with van der Waals surface area (Å²) in [6.07, 6.45) is 3.62. The highest BCUT2D eigenvalue weighted by molar-refractivity contribution is 5.85. The minimum Gasteiger partial charge on any atom is -0.271 e. The molecule has 0 spiro atoms. The molecule has 3 N–H and O–H groups in total. The van der Waals surface area contributed by atoms with Crippen LogP contribution >= 0.6 is 0 Å².